The number of aryl methyl sites for hydroxylation is 1. The van der Waals surface area contributed by atoms with Crippen molar-refractivity contribution in [2.24, 2.45) is 5.41 Å². The largest absolute Gasteiger partial charge is 0.396 e. The van der Waals surface area contributed by atoms with Gasteiger partial charge in [0.1, 0.15) is 0 Å². The Hall–Kier alpha value is -1.16. The van der Waals surface area contributed by atoms with Gasteiger partial charge in [0.05, 0.1) is 0 Å². The van der Waals surface area contributed by atoms with E-state index in [0.717, 1.165) is 5.69 Å². The molecule has 0 saturated carbocycles. The molecule has 16 heavy (non-hydrogen) atoms. The monoisotopic (exact) mass is 223 g/mol. The van der Waals surface area contributed by atoms with E-state index < -0.39 is 0 Å². The van der Waals surface area contributed by atoms with Gasteiger partial charge in [-0.2, -0.15) is 0 Å². The van der Waals surface area contributed by atoms with Crippen LogP contribution in [0.5, 0.6) is 0 Å². The number of nitrogens with one attached hydrogen (secondary N) is 1. The Kier molecular flexibility index (Phi) is 4.24. The predicted molar refractivity (Wildman–Crippen MR) is 65.3 cm³/mol. The van der Waals surface area contributed by atoms with Crippen molar-refractivity contribution in [2.75, 3.05) is 11.9 Å². The Morgan fingerprint density at radius 2 is 2.12 bits per heavy atom. The zero-order chi connectivity index (χ0) is 12.2. The number of nitrogens with zero attached hydrogens (tertiary/aromatic N) is 2. The summed E-state index contributed by atoms with van der Waals surface area (Å²) in [6, 6.07) is 2.03. The lowest BCUT2D eigenvalue weighted by Crippen LogP contribution is -2.35. The van der Waals surface area contributed by atoms with Gasteiger partial charge in [-0.3, -0.25) is 0 Å². The van der Waals surface area contributed by atoms with Crippen LogP contribution >= 0.6 is 0 Å². The van der Waals surface area contributed by atoms with Crippen LogP contribution < -0.4 is 5.32 Å². The van der Waals surface area contributed by atoms with Crippen LogP contribution in [-0.2, 0) is 0 Å². The highest BCUT2D eigenvalue weighted by molar-refractivity contribution is 5.27. The maximum absolute atomic E-state index is 9.05. The highest BCUT2D eigenvalue weighted by Crippen LogP contribution is 2.24. The number of hydrogen-bond acceptors (Lipinski definition) is 4. The summed E-state index contributed by atoms with van der Waals surface area (Å²) in [4.78, 5) is 8.48. The molecule has 0 aliphatic heterocycles. The van der Waals surface area contributed by atoms with Crippen molar-refractivity contribution in [1.82, 2.24) is 9.97 Å². The molecule has 4 heteroatoms. The van der Waals surface area contributed by atoms with Gasteiger partial charge in [-0.15, -0.1) is 0 Å². The van der Waals surface area contributed by atoms with E-state index in [1.165, 1.54) is 0 Å². The van der Waals surface area contributed by atoms with Crippen LogP contribution in [0.15, 0.2) is 12.3 Å². The summed E-state index contributed by atoms with van der Waals surface area (Å²) in [7, 11) is 0. The molecule has 0 saturated heterocycles. The molecule has 0 spiro atoms. The molecule has 2 N–H and O–H groups in total. The Morgan fingerprint density at radius 1 is 1.44 bits per heavy atom. The third-order valence-electron chi connectivity index (χ3n) is 2.56. The number of rotatable bonds is 4. The molecule has 0 aliphatic carbocycles. The van der Waals surface area contributed by atoms with Crippen molar-refractivity contribution in [1.29, 1.82) is 0 Å². The fourth-order valence-corrected chi connectivity index (χ4v) is 1.53. The standard InChI is InChI=1S/C12H21N3O/c1-9-5-7-13-11(14-9)15-10(6-8-16)12(2,3)4/h5,7,10,16H,6,8H2,1-4H3,(H,13,14,15). The minimum Gasteiger partial charge on any atom is -0.396 e. The summed E-state index contributed by atoms with van der Waals surface area (Å²) in [6.07, 6.45) is 2.43. The minimum atomic E-state index is 0.0653. The molecule has 0 fully saturated rings. The Balaban J connectivity index is 2.76. The van der Waals surface area contributed by atoms with E-state index in [0.29, 0.717) is 12.4 Å². The van der Waals surface area contributed by atoms with Crippen LogP contribution in [0.2, 0.25) is 0 Å². The van der Waals surface area contributed by atoms with Crippen molar-refractivity contribution in [3.8, 4) is 0 Å². The van der Waals surface area contributed by atoms with Gasteiger partial charge in [-0.25, -0.2) is 9.97 Å². The van der Waals surface area contributed by atoms with Crippen molar-refractivity contribution in [3.63, 3.8) is 0 Å². The van der Waals surface area contributed by atoms with E-state index in [1.807, 2.05) is 13.0 Å². The van der Waals surface area contributed by atoms with Crippen molar-refractivity contribution < 1.29 is 5.11 Å². The second kappa shape index (κ2) is 5.25. The first-order valence-electron chi connectivity index (χ1n) is 5.60. The summed E-state index contributed by atoms with van der Waals surface area (Å²) >= 11 is 0. The second-order valence-corrected chi connectivity index (χ2v) is 5.10. The SMILES string of the molecule is Cc1ccnc(NC(CCO)C(C)(C)C)n1. The van der Waals surface area contributed by atoms with Gasteiger partial charge >= 0.3 is 0 Å². The van der Waals surface area contributed by atoms with Gasteiger partial charge in [-0.1, -0.05) is 20.8 Å². The van der Waals surface area contributed by atoms with Crippen LogP contribution in [0.25, 0.3) is 0 Å². The molecule has 1 heterocycles. The van der Waals surface area contributed by atoms with E-state index >= 15 is 0 Å². The quantitative estimate of drug-likeness (QED) is 0.819. The van der Waals surface area contributed by atoms with Crippen LogP contribution in [0.3, 0.4) is 0 Å². The third-order valence-corrected chi connectivity index (χ3v) is 2.56. The van der Waals surface area contributed by atoms with E-state index in [-0.39, 0.29) is 18.1 Å². The molecule has 90 valence electrons. The zero-order valence-electron chi connectivity index (χ0n) is 10.5. The topological polar surface area (TPSA) is 58.0 Å². The average Bonchev–Trinajstić information content (AvgIpc) is 2.16. The number of anilines is 1. The van der Waals surface area contributed by atoms with E-state index in [2.05, 4.69) is 36.1 Å². The lowest BCUT2D eigenvalue weighted by Gasteiger charge is -2.31. The smallest absolute Gasteiger partial charge is 0.223 e. The highest BCUT2D eigenvalue weighted by atomic mass is 16.3. The molecule has 0 radical (unpaired) electrons. The lowest BCUT2D eigenvalue weighted by molar-refractivity contribution is 0.235. The van der Waals surface area contributed by atoms with Crippen LogP contribution in [-0.4, -0.2) is 27.7 Å². The number of aromatic nitrogens is 2. The van der Waals surface area contributed by atoms with Gasteiger partial charge < -0.3 is 10.4 Å². The fourth-order valence-electron chi connectivity index (χ4n) is 1.53. The van der Waals surface area contributed by atoms with Crippen molar-refractivity contribution in [3.05, 3.63) is 18.0 Å². The molecule has 0 amide bonds. The van der Waals surface area contributed by atoms with Gasteiger partial charge in [0.25, 0.3) is 0 Å². The van der Waals surface area contributed by atoms with Crippen LogP contribution in [0.4, 0.5) is 5.95 Å². The van der Waals surface area contributed by atoms with Gasteiger partial charge in [0.15, 0.2) is 0 Å². The molecular weight excluding hydrogens is 202 g/mol. The first-order chi connectivity index (χ1) is 7.43. The minimum absolute atomic E-state index is 0.0653. The predicted octanol–water partition coefficient (Wildman–Crippen LogP) is 1.99. The maximum Gasteiger partial charge on any atom is 0.223 e. The first kappa shape index (κ1) is 12.9. The van der Waals surface area contributed by atoms with Crippen molar-refractivity contribution in [2.45, 2.75) is 40.2 Å². The molecule has 0 aliphatic rings. The Morgan fingerprint density at radius 3 is 2.62 bits per heavy atom. The third kappa shape index (κ3) is 3.77. The Bertz CT molecular complexity index is 333. The van der Waals surface area contributed by atoms with Crippen LogP contribution in [0.1, 0.15) is 32.9 Å². The molecule has 1 atom stereocenters. The molecule has 1 unspecified atom stereocenters. The zero-order valence-corrected chi connectivity index (χ0v) is 10.5. The molecule has 0 aromatic carbocycles. The van der Waals surface area contributed by atoms with Crippen molar-refractivity contribution >= 4 is 5.95 Å². The molecule has 1 rings (SSSR count). The molecular formula is C12H21N3O. The molecule has 1 aromatic rings. The highest BCUT2D eigenvalue weighted by Gasteiger charge is 2.24. The average molecular weight is 223 g/mol. The Labute approximate surface area is 97.1 Å². The summed E-state index contributed by atoms with van der Waals surface area (Å²) < 4.78 is 0. The summed E-state index contributed by atoms with van der Waals surface area (Å²) in [6.45, 7) is 8.51. The van der Waals surface area contributed by atoms with Gasteiger partial charge in [0.2, 0.25) is 5.95 Å². The summed E-state index contributed by atoms with van der Waals surface area (Å²) in [5.74, 6) is 0.633. The van der Waals surface area contributed by atoms with E-state index in [9.17, 15) is 0 Å². The molecule has 4 nitrogen and oxygen atoms in total. The fraction of sp³-hybridized carbons (Fsp3) is 0.667. The van der Waals surface area contributed by atoms with E-state index in [4.69, 9.17) is 5.11 Å². The second-order valence-electron chi connectivity index (χ2n) is 5.10. The van der Waals surface area contributed by atoms with Crippen LogP contribution in [0, 0.1) is 12.3 Å². The normalized spacial score (nSPS) is 13.6. The molecule has 0 bridgehead atoms. The number of aliphatic hydroxyl groups is 1. The summed E-state index contributed by atoms with van der Waals surface area (Å²) in [5, 5.41) is 12.3. The first-order valence-corrected chi connectivity index (χ1v) is 5.60. The molecule has 1 aromatic heterocycles. The number of aliphatic hydroxyl groups excluding tert-OH is 1. The van der Waals surface area contributed by atoms with Gasteiger partial charge in [-0.05, 0) is 24.8 Å². The maximum atomic E-state index is 9.05. The lowest BCUT2D eigenvalue weighted by atomic mass is 9.85. The summed E-state index contributed by atoms with van der Waals surface area (Å²) in [5.41, 5.74) is 1.00. The van der Waals surface area contributed by atoms with Gasteiger partial charge in [0, 0.05) is 24.5 Å². The van der Waals surface area contributed by atoms with E-state index in [1.54, 1.807) is 6.20 Å². The number of hydrogen-bond donors (Lipinski definition) is 2.